The zero-order valence-corrected chi connectivity index (χ0v) is 10.6. The Morgan fingerprint density at radius 3 is 2.82 bits per heavy atom. The second kappa shape index (κ2) is 5.06. The SMILES string of the molecule is CCNc1ncc(Cl)c(NCC2(O)CCC2)n1. The third kappa shape index (κ3) is 2.98. The van der Waals surface area contributed by atoms with Crippen LogP contribution in [0.2, 0.25) is 5.02 Å². The van der Waals surface area contributed by atoms with Crippen molar-refractivity contribution in [3.63, 3.8) is 0 Å². The summed E-state index contributed by atoms with van der Waals surface area (Å²) >= 11 is 5.99. The van der Waals surface area contributed by atoms with Gasteiger partial charge >= 0.3 is 0 Å². The number of nitrogens with one attached hydrogen (secondary N) is 2. The second-order valence-corrected chi connectivity index (χ2v) is 4.76. The van der Waals surface area contributed by atoms with Crippen LogP contribution in [-0.4, -0.2) is 33.8 Å². The molecule has 1 heterocycles. The molecule has 1 saturated carbocycles. The van der Waals surface area contributed by atoms with Gasteiger partial charge in [0.1, 0.15) is 5.02 Å². The van der Waals surface area contributed by atoms with Crippen LogP contribution in [0.15, 0.2) is 6.20 Å². The molecule has 6 heteroatoms. The van der Waals surface area contributed by atoms with E-state index in [0.29, 0.717) is 23.3 Å². The molecule has 0 atom stereocenters. The summed E-state index contributed by atoms with van der Waals surface area (Å²) in [6.07, 6.45) is 4.31. The lowest BCUT2D eigenvalue weighted by atomic mass is 9.80. The molecule has 0 aromatic carbocycles. The summed E-state index contributed by atoms with van der Waals surface area (Å²) in [6, 6.07) is 0. The maximum absolute atomic E-state index is 9.97. The quantitative estimate of drug-likeness (QED) is 0.751. The van der Waals surface area contributed by atoms with E-state index in [1.54, 1.807) is 6.20 Å². The largest absolute Gasteiger partial charge is 0.388 e. The van der Waals surface area contributed by atoms with E-state index < -0.39 is 5.60 Å². The van der Waals surface area contributed by atoms with Crippen LogP contribution >= 0.6 is 11.6 Å². The topological polar surface area (TPSA) is 70.1 Å². The van der Waals surface area contributed by atoms with Crippen molar-refractivity contribution in [3.8, 4) is 0 Å². The van der Waals surface area contributed by atoms with Gasteiger partial charge in [-0.15, -0.1) is 0 Å². The summed E-state index contributed by atoms with van der Waals surface area (Å²) in [4.78, 5) is 8.30. The smallest absolute Gasteiger partial charge is 0.224 e. The summed E-state index contributed by atoms with van der Waals surface area (Å²) in [5, 5.41) is 16.5. The highest BCUT2D eigenvalue weighted by atomic mass is 35.5. The molecule has 0 saturated heterocycles. The van der Waals surface area contributed by atoms with Crippen molar-refractivity contribution in [1.82, 2.24) is 9.97 Å². The molecular weight excluding hydrogens is 240 g/mol. The van der Waals surface area contributed by atoms with E-state index in [4.69, 9.17) is 11.6 Å². The van der Waals surface area contributed by atoms with Gasteiger partial charge in [-0.25, -0.2) is 4.98 Å². The molecule has 1 aromatic rings. The molecule has 0 amide bonds. The Morgan fingerprint density at radius 1 is 1.47 bits per heavy atom. The van der Waals surface area contributed by atoms with Crippen LogP contribution in [0.3, 0.4) is 0 Å². The van der Waals surface area contributed by atoms with Crippen molar-refractivity contribution in [1.29, 1.82) is 0 Å². The molecule has 0 aliphatic heterocycles. The minimum Gasteiger partial charge on any atom is -0.388 e. The first-order chi connectivity index (χ1) is 8.13. The number of rotatable bonds is 5. The van der Waals surface area contributed by atoms with Gasteiger partial charge in [0.2, 0.25) is 5.95 Å². The van der Waals surface area contributed by atoms with Gasteiger partial charge in [-0.3, -0.25) is 0 Å². The van der Waals surface area contributed by atoms with Crippen LogP contribution < -0.4 is 10.6 Å². The lowest BCUT2D eigenvalue weighted by Gasteiger charge is -2.36. The molecule has 17 heavy (non-hydrogen) atoms. The maximum Gasteiger partial charge on any atom is 0.224 e. The summed E-state index contributed by atoms with van der Waals surface area (Å²) in [5.41, 5.74) is -0.591. The Kier molecular flexibility index (Phi) is 3.69. The molecule has 3 N–H and O–H groups in total. The number of hydrogen-bond donors (Lipinski definition) is 3. The van der Waals surface area contributed by atoms with Crippen molar-refractivity contribution >= 4 is 23.4 Å². The fraction of sp³-hybridized carbons (Fsp3) is 0.636. The third-order valence-corrected chi connectivity index (χ3v) is 3.22. The van der Waals surface area contributed by atoms with E-state index >= 15 is 0 Å². The van der Waals surface area contributed by atoms with Gasteiger partial charge in [-0.05, 0) is 26.2 Å². The predicted molar refractivity (Wildman–Crippen MR) is 68.5 cm³/mol. The Labute approximate surface area is 106 Å². The van der Waals surface area contributed by atoms with E-state index in [1.165, 1.54) is 0 Å². The van der Waals surface area contributed by atoms with Gasteiger partial charge in [-0.1, -0.05) is 11.6 Å². The summed E-state index contributed by atoms with van der Waals surface area (Å²) in [6.45, 7) is 3.21. The molecule has 0 spiro atoms. The predicted octanol–water partition coefficient (Wildman–Crippen LogP) is 1.89. The van der Waals surface area contributed by atoms with Crippen LogP contribution in [0.1, 0.15) is 26.2 Å². The standard InChI is InChI=1S/C11H17ClN4O/c1-2-13-10-14-6-8(12)9(16-10)15-7-11(17)4-3-5-11/h6,17H,2-5,7H2,1H3,(H2,13,14,15,16). The van der Waals surface area contributed by atoms with E-state index in [9.17, 15) is 5.11 Å². The molecule has 94 valence electrons. The van der Waals surface area contributed by atoms with E-state index in [2.05, 4.69) is 20.6 Å². The normalized spacial score (nSPS) is 17.4. The molecule has 0 unspecified atom stereocenters. The molecule has 1 aliphatic rings. The maximum atomic E-state index is 9.97. The Hall–Kier alpha value is -1.07. The lowest BCUT2D eigenvalue weighted by Crippen LogP contribution is -2.43. The highest BCUT2D eigenvalue weighted by molar-refractivity contribution is 6.32. The van der Waals surface area contributed by atoms with Crippen LogP contribution in [0.25, 0.3) is 0 Å². The first-order valence-electron chi connectivity index (χ1n) is 5.86. The third-order valence-electron chi connectivity index (χ3n) is 2.95. The van der Waals surface area contributed by atoms with Gasteiger partial charge in [0.05, 0.1) is 11.8 Å². The lowest BCUT2D eigenvalue weighted by molar-refractivity contribution is -0.0202. The average molecular weight is 257 g/mol. The summed E-state index contributed by atoms with van der Waals surface area (Å²) < 4.78 is 0. The number of halogens is 1. The molecule has 0 bridgehead atoms. The van der Waals surface area contributed by atoms with Gasteiger partial charge in [0.15, 0.2) is 5.82 Å². The Balaban J connectivity index is 2.00. The van der Waals surface area contributed by atoms with Crippen molar-refractivity contribution < 1.29 is 5.11 Å². The number of hydrogen-bond acceptors (Lipinski definition) is 5. The molecule has 0 radical (unpaired) electrons. The van der Waals surface area contributed by atoms with E-state index in [1.807, 2.05) is 6.92 Å². The van der Waals surface area contributed by atoms with Crippen LogP contribution in [0.4, 0.5) is 11.8 Å². The highest BCUT2D eigenvalue weighted by Crippen LogP contribution is 2.32. The zero-order valence-electron chi connectivity index (χ0n) is 9.83. The van der Waals surface area contributed by atoms with E-state index in [-0.39, 0.29) is 0 Å². The minimum atomic E-state index is -0.591. The van der Waals surface area contributed by atoms with Crippen molar-refractivity contribution in [3.05, 3.63) is 11.2 Å². The first kappa shape index (κ1) is 12.4. The first-order valence-corrected chi connectivity index (χ1v) is 6.23. The molecule has 1 aromatic heterocycles. The van der Waals surface area contributed by atoms with Crippen molar-refractivity contribution in [2.45, 2.75) is 31.8 Å². The molecule has 5 nitrogen and oxygen atoms in total. The summed E-state index contributed by atoms with van der Waals surface area (Å²) in [5.74, 6) is 1.11. The van der Waals surface area contributed by atoms with Crippen LogP contribution in [0, 0.1) is 0 Å². The number of anilines is 2. The monoisotopic (exact) mass is 256 g/mol. The van der Waals surface area contributed by atoms with Crippen molar-refractivity contribution in [2.24, 2.45) is 0 Å². The minimum absolute atomic E-state index is 0.467. The highest BCUT2D eigenvalue weighted by Gasteiger charge is 2.34. The average Bonchev–Trinajstić information content (AvgIpc) is 2.28. The molecular formula is C11H17ClN4O. The molecule has 1 aliphatic carbocycles. The van der Waals surface area contributed by atoms with E-state index in [0.717, 1.165) is 25.8 Å². The molecule has 2 rings (SSSR count). The van der Waals surface area contributed by atoms with Crippen molar-refractivity contribution in [2.75, 3.05) is 23.7 Å². The summed E-state index contributed by atoms with van der Waals surface area (Å²) in [7, 11) is 0. The number of nitrogens with zero attached hydrogens (tertiary/aromatic N) is 2. The van der Waals surface area contributed by atoms with Gasteiger partial charge in [-0.2, -0.15) is 4.98 Å². The van der Waals surface area contributed by atoms with Gasteiger partial charge < -0.3 is 15.7 Å². The zero-order chi connectivity index (χ0) is 12.3. The fourth-order valence-electron chi connectivity index (χ4n) is 1.74. The second-order valence-electron chi connectivity index (χ2n) is 4.35. The Morgan fingerprint density at radius 2 is 2.24 bits per heavy atom. The Bertz CT molecular complexity index is 395. The fourth-order valence-corrected chi connectivity index (χ4v) is 1.90. The van der Waals surface area contributed by atoms with Crippen LogP contribution in [-0.2, 0) is 0 Å². The van der Waals surface area contributed by atoms with Gasteiger partial charge in [0.25, 0.3) is 0 Å². The number of aromatic nitrogens is 2. The van der Waals surface area contributed by atoms with Crippen LogP contribution in [0.5, 0.6) is 0 Å². The van der Waals surface area contributed by atoms with Gasteiger partial charge in [0, 0.05) is 13.1 Å². The number of aliphatic hydroxyl groups is 1. The molecule has 1 fully saturated rings.